The van der Waals surface area contributed by atoms with Crippen LogP contribution >= 0.6 is 11.6 Å². The third-order valence-electron chi connectivity index (χ3n) is 5.79. The minimum absolute atomic E-state index is 0.352. The van der Waals surface area contributed by atoms with Gasteiger partial charge in [0.25, 0.3) is 0 Å². The SMILES string of the molecule is Cc1ccc(Cn2c(C(=O)O)c(CNCCc3ccc(Cl)cc3)c3ccc(C)cc32)cc1. The average molecular weight is 447 g/mol. The number of aryl methyl sites for hydroxylation is 2. The second-order valence-electron chi connectivity index (χ2n) is 8.28. The minimum atomic E-state index is -0.902. The summed E-state index contributed by atoms with van der Waals surface area (Å²) >= 11 is 5.96. The first-order chi connectivity index (χ1) is 15.4. The molecule has 0 spiro atoms. The Bertz CT molecular complexity index is 1240. The van der Waals surface area contributed by atoms with Crippen molar-refractivity contribution in [3.63, 3.8) is 0 Å². The van der Waals surface area contributed by atoms with Gasteiger partial charge in [0.2, 0.25) is 0 Å². The van der Waals surface area contributed by atoms with Crippen molar-refractivity contribution in [1.29, 1.82) is 0 Å². The molecule has 1 aromatic heterocycles. The lowest BCUT2D eigenvalue weighted by Crippen LogP contribution is -2.19. The summed E-state index contributed by atoms with van der Waals surface area (Å²) in [6.07, 6.45) is 0.848. The largest absolute Gasteiger partial charge is 0.477 e. The Morgan fingerprint density at radius 1 is 0.938 bits per heavy atom. The van der Waals surface area contributed by atoms with Crippen molar-refractivity contribution < 1.29 is 9.90 Å². The summed E-state index contributed by atoms with van der Waals surface area (Å²) in [7, 11) is 0. The van der Waals surface area contributed by atoms with Gasteiger partial charge in [-0.25, -0.2) is 4.79 Å². The number of halogens is 1. The first-order valence-electron chi connectivity index (χ1n) is 10.8. The molecule has 0 aliphatic heterocycles. The van der Waals surface area contributed by atoms with Gasteiger partial charge in [-0.3, -0.25) is 0 Å². The molecule has 0 radical (unpaired) electrons. The topological polar surface area (TPSA) is 54.3 Å². The molecular weight excluding hydrogens is 420 g/mol. The van der Waals surface area contributed by atoms with Crippen molar-refractivity contribution in [3.05, 3.63) is 105 Å². The summed E-state index contributed by atoms with van der Waals surface area (Å²) in [5.41, 5.74) is 6.71. The van der Waals surface area contributed by atoms with Gasteiger partial charge in [0, 0.05) is 34.6 Å². The van der Waals surface area contributed by atoms with Crippen molar-refractivity contribution in [3.8, 4) is 0 Å². The monoisotopic (exact) mass is 446 g/mol. The number of nitrogens with zero attached hydrogens (tertiary/aromatic N) is 1. The number of benzene rings is 3. The van der Waals surface area contributed by atoms with E-state index in [0.29, 0.717) is 18.8 Å². The van der Waals surface area contributed by atoms with Crippen molar-refractivity contribution in [2.24, 2.45) is 0 Å². The zero-order valence-corrected chi connectivity index (χ0v) is 19.1. The molecule has 0 unspecified atom stereocenters. The first-order valence-corrected chi connectivity index (χ1v) is 11.2. The lowest BCUT2D eigenvalue weighted by molar-refractivity contribution is 0.0684. The number of carboxylic acids is 1. The van der Waals surface area contributed by atoms with Crippen LogP contribution in [0, 0.1) is 13.8 Å². The van der Waals surface area contributed by atoms with Crippen LogP contribution < -0.4 is 5.32 Å². The summed E-state index contributed by atoms with van der Waals surface area (Å²) < 4.78 is 1.94. The number of carboxylic acid groups (broad SMARTS) is 1. The molecule has 0 bridgehead atoms. The quantitative estimate of drug-likeness (QED) is 0.327. The summed E-state index contributed by atoms with van der Waals surface area (Å²) in [5, 5.41) is 15.3. The van der Waals surface area contributed by atoms with Crippen LogP contribution in [-0.4, -0.2) is 22.2 Å². The van der Waals surface area contributed by atoms with Crippen LogP contribution in [0.25, 0.3) is 10.9 Å². The van der Waals surface area contributed by atoms with E-state index in [1.807, 2.05) is 47.9 Å². The van der Waals surface area contributed by atoms with E-state index in [-0.39, 0.29) is 0 Å². The van der Waals surface area contributed by atoms with Crippen molar-refractivity contribution >= 4 is 28.5 Å². The number of hydrogen-bond donors (Lipinski definition) is 2. The molecule has 0 saturated heterocycles. The van der Waals surface area contributed by atoms with Crippen molar-refractivity contribution in [1.82, 2.24) is 9.88 Å². The zero-order chi connectivity index (χ0) is 22.7. The average Bonchev–Trinajstić information content (AvgIpc) is 3.06. The van der Waals surface area contributed by atoms with Gasteiger partial charge in [0.15, 0.2) is 0 Å². The van der Waals surface area contributed by atoms with Crippen LogP contribution in [0.15, 0.2) is 66.7 Å². The maximum atomic E-state index is 12.4. The fourth-order valence-electron chi connectivity index (χ4n) is 4.09. The van der Waals surface area contributed by atoms with E-state index < -0.39 is 5.97 Å². The van der Waals surface area contributed by atoms with E-state index in [1.54, 1.807) is 0 Å². The highest BCUT2D eigenvalue weighted by molar-refractivity contribution is 6.30. The van der Waals surface area contributed by atoms with Crippen molar-refractivity contribution in [2.75, 3.05) is 6.54 Å². The summed E-state index contributed by atoms with van der Waals surface area (Å²) in [6.45, 7) is 5.85. The van der Waals surface area contributed by atoms with Crippen LogP contribution in [0.4, 0.5) is 0 Å². The Labute approximate surface area is 193 Å². The number of rotatable bonds is 8. The van der Waals surface area contributed by atoms with Crippen LogP contribution in [-0.2, 0) is 19.5 Å². The van der Waals surface area contributed by atoms with E-state index in [2.05, 4.69) is 42.6 Å². The molecule has 3 aromatic carbocycles. The van der Waals surface area contributed by atoms with Gasteiger partial charge < -0.3 is 15.0 Å². The first kappa shape index (κ1) is 22.1. The molecule has 0 saturated carbocycles. The predicted octanol–water partition coefficient (Wildman–Crippen LogP) is 5.99. The van der Waals surface area contributed by atoms with Crippen LogP contribution in [0.1, 0.15) is 38.3 Å². The highest BCUT2D eigenvalue weighted by Crippen LogP contribution is 2.29. The molecular formula is C27H27ClN2O2. The maximum absolute atomic E-state index is 12.4. The number of nitrogens with one attached hydrogen (secondary N) is 1. The number of fused-ring (bicyclic) bond motifs is 1. The summed E-state index contributed by atoms with van der Waals surface area (Å²) in [4.78, 5) is 12.4. The summed E-state index contributed by atoms with van der Waals surface area (Å²) in [6, 6.07) is 22.2. The predicted molar refractivity (Wildman–Crippen MR) is 131 cm³/mol. The van der Waals surface area contributed by atoms with E-state index >= 15 is 0 Å². The summed E-state index contributed by atoms with van der Waals surface area (Å²) in [5.74, 6) is -0.902. The normalized spacial score (nSPS) is 11.2. The van der Waals surface area contributed by atoms with E-state index in [4.69, 9.17) is 11.6 Å². The van der Waals surface area contributed by atoms with Gasteiger partial charge in [-0.2, -0.15) is 0 Å². The molecule has 0 aliphatic carbocycles. The highest BCUT2D eigenvalue weighted by Gasteiger charge is 2.22. The number of aromatic nitrogens is 1. The second-order valence-corrected chi connectivity index (χ2v) is 8.71. The van der Waals surface area contributed by atoms with Crippen LogP contribution in [0.5, 0.6) is 0 Å². The van der Waals surface area contributed by atoms with E-state index in [0.717, 1.165) is 45.6 Å². The smallest absolute Gasteiger partial charge is 0.352 e. The Kier molecular flexibility index (Phi) is 6.63. The molecule has 4 nitrogen and oxygen atoms in total. The molecule has 2 N–H and O–H groups in total. The van der Waals surface area contributed by atoms with Gasteiger partial charge in [-0.05, 0) is 61.7 Å². The fraction of sp³-hybridized carbons (Fsp3) is 0.222. The zero-order valence-electron chi connectivity index (χ0n) is 18.4. The van der Waals surface area contributed by atoms with Crippen LogP contribution in [0.3, 0.4) is 0 Å². The number of hydrogen-bond acceptors (Lipinski definition) is 2. The third-order valence-corrected chi connectivity index (χ3v) is 6.05. The number of aromatic carboxylic acids is 1. The maximum Gasteiger partial charge on any atom is 0.352 e. The van der Waals surface area contributed by atoms with E-state index in [9.17, 15) is 9.90 Å². The second kappa shape index (κ2) is 9.60. The molecule has 0 atom stereocenters. The van der Waals surface area contributed by atoms with Gasteiger partial charge in [-0.15, -0.1) is 0 Å². The lowest BCUT2D eigenvalue weighted by atomic mass is 10.1. The fourth-order valence-corrected chi connectivity index (χ4v) is 4.22. The molecule has 164 valence electrons. The Morgan fingerprint density at radius 2 is 1.59 bits per heavy atom. The van der Waals surface area contributed by atoms with Gasteiger partial charge in [0.1, 0.15) is 5.69 Å². The Morgan fingerprint density at radius 3 is 2.28 bits per heavy atom. The lowest BCUT2D eigenvalue weighted by Gasteiger charge is -2.10. The molecule has 0 aliphatic rings. The molecule has 5 heteroatoms. The molecule has 0 amide bonds. The highest BCUT2D eigenvalue weighted by atomic mass is 35.5. The molecule has 32 heavy (non-hydrogen) atoms. The molecule has 1 heterocycles. The molecule has 4 aromatic rings. The number of carbonyl (C=O) groups is 1. The van der Waals surface area contributed by atoms with Crippen LogP contribution in [0.2, 0.25) is 5.02 Å². The third kappa shape index (κ3) is 4.87. The van der Waals surface area contributed by atoms with E-state index in [1.165, 1.54) is 11.1 Å². The standard InChI is InChI=1S/C27H27ClN2O2/c1-18-3-6-21(7-4-18)17-30-25-15-19(2)5-12-23(25)24(26(30)27(31)32)16-29-14-13-20-8-10-22(28)11-9-20/h3-12,15,29H,13-14,16-17H2,1-2H3,(H,31,32). The van der Waals surface area contributed by atoms with Gasteiger partial charge in [-0.1, -0.05) is 65.7 Å². The van der Waals surface area contributed by atoms with Gasteiger partial charge in [0.05, 0.1) is 0 Å². The molecule has 0 fully saturated rings. The van der Waals surface area contributed by atoms with Crippen molar-refractivity contribution in [2.45, 2.75) is 33.4 Å². The minimum Gasteiger partial charge on any atom is -0.477 e. The van der Waals surface area contributed by atoms with Gasteiger partial charge >= 0.3 is 5.97 Å². The Balaban J connectivity index is 1.63. The Hall–Kier alpha value is -3.08. The molecule has 4 rings (SSSR count).